The number of carbonyl (C=O) groups excluding carboxylic acids is 2. The highest BCUT2D eigenvalue weighted by atomic mass is 32.2. The summed E-state index contributed by atoms with van der Waals surface area (Å²) in [5, 5.41) is 13.6. The van der Waals surface area contributed by atoms with Crippen LogP contribution in [-0.4, -0.2) is 39.6 Å². The van der Waals surface area contributed by atoms with Crippen LogP contribution in [0.15, 0.2) is 53.4 Å². The number of nitrogens with one attached hydrogen (secondary N) is 1. The Balaban J connectivity index is 1.56. The standard InChI is InChI=1S/C21H19N3O5S2/c1-29-15-7-4-6-14(12-15)13-18-20(26)23(21(30)31-18)11-5-10-19(25)22-16-8-2-3-9-17(16)24(27)28/h2-4,6-9,12-13H,5,10-11H2,1H3,(H,22,25). The summed E-state index contributed by atoms with van der Waals surface area (Å²) in [6.45, 7) is 0.282. The smallest absolute Gasteiger partial charge is 0.292 e. The Labute approximate surface area is 188 Å². The van der Waals surface area contributed by atoms with Crippen LogP contribution < -0.4 is 10.1 Å². The topological polar surface area (TPSA) is 102 Å². The van der Waals surface area contributed by atoms with Crippen molar-refractivity contribution in [2.45, 2.75) is 12.8 Å². The van der Waals surface area contributed by atoms with Crippen LogP contribution in [0.1, 0.15) is 18.4 Å². The maximum absolute atomic E-state index is 12.7. The number of benzene rings is 2. The maximum Gasteiger partial charge on any atom is 0.292 e. The predicted octanol–water partition coefficient (Wildman–Crippen LogP) is 4.22. The van der Waals surface area contributed by atoms with Crippen molar-refractivity contribution >= 4 is 57.6 Å². The fourth-order valence-electron chi connectivity index (χ4n) is 2.92. The van der Waals surface area contributed by atoms with E-state index in [-0.39, 0.29) is 36.2 Å². The molecule has 2 aromatic carbocycles. The molecule has 0 radical (unpaired) electrons. The number of nitrogens with zero attached hydrogens (tertiary/aromatic N) is 2. The zero-order valence-electron chi connectivity index (χ0n) is 16.6. The summed E-state index contributed by atoms with van der Waals surface area (Å²) in [6, 6.07) is 13.3. The van der Waals surface area contributed by atoms with Crippen molar-refractivity contribution in [1.82, 2.24) is 4.90 Å². The average Bonchev–Trinajstić information content (AvgIpc) is 3.01. The zero-order valence-corrected chi connectivity index (χ0v) is 18.2. The molecule has 2 aromatic rings. The molecule has 1 N–H and O–H groups in total. The molecular formula is C21H19N3O5S2. The number of thioether (sulfide) groups is 1. The van der Waals surface area contributed by atoms with Crippen LogP contribution in [0, 0.1) is 10.1 Å². The first kappa shape index (κ1) is 22.4. The van der Waals surface area contributed by atoms with E-state index in [9.17, 15) is 19.7 Å². The number of anilines is 1. The highest BCUT2D eigenvalue weighted by Crippen LogP contribution is 2.33. The normalized spacial score (nSPS) is 14.7. The molecule has 0 bridgehead atoms. The van der Waals surface area contributed by atoms with E-state index in [2.05, 4.69) is 5.32 Å². The van der Waals surface area contributed by atoms with E-state index in [1.54, 1.807) is 19.3 Å². The Hall–Kier alpha value is -3.24. The van der Waals surface area contributed by atoms with Gasteiger partial charge in [0.05, 0.1) is 16.9 Å². The lowest BCUT2D eigenvalue weighted by atomic mass is 10.2. The summed E-state index contributed by atoms with van der Waals surface area (Å²) in [6.07, 6.45) is 2.21. The predicted molar refractivity (Wildman–Crippen MR) is 124 cm³/mol. The van der Waals surface area contributed by atoms with E-state index in [4.69, 9.17) is 17.0 Å². The molecule has 0 saturated carbocycles. The summed E-state index contributed by atoms with van der Waals surface area (Å²) in [5.41, 5.74) is 0.795. The lowest BCUT2D eigenvalue weighted by molar-refractivity contribution is -0.383. The van der Waals surface area contributed by atoms with Crippen LogP contribution in [-0.2, 0) is 9.59 Å². The van der Waals surface area contributed by atoms with Crippen molar-refractivity contribution in [3.63, 3.8) is 0 Å². The number of ether oxygens (including phenoxy) is 1. The van der Waals surface area contributed by atoms with E-state index in [0.29, 0.717) is 21.4 Å². The number of nitro groups is 1. The van der Waals surface area contributed by atoms with Crippen molar-refractivity contribution < 1.29 is 19.2 Å². The number of amides is 2. The van der Waals surface area contributed by atoms with E-state index >= 15 is 0 Å². The largest absolute Gasteiger partial charge is 0.497 e. The minimum Gasteiger partial charge on any atom is -0.497 e. The number of para-hydroxylation sites is 2. The fraction of sp³-hybridized carbons (Fsp3) is 0.190. The van der Waals surface area contributed by atoms with Crippen LogP contribution in [0.4, 0.5) is 11.4 Å². The number of thiocarbonyl (C=S) groups is 1. The highest BCUT2D eigenvalue weighted by molar-refractivity contribution is 8.26. The second-order valence-electron chi connectivity index (χ2n) is 6.54. The molecule has 8 nitrogen and oxygen atoms in total. The molecule has 0 aliphatic carbocycles. The molecule has 1 aliphatic rings. The molecule has 160 valence electrons. The first-order chi connectivity index (χ1) is 14.9. The number of hydrogen-bond donors (Lipinski definition) is 1. The van der Waals surface area contributed by atoms with Gasteiger partial charge in [0, 0.05) is 19.0 Å². The van der Waals surface area contributed by atoms with Crippen LogP contribution in [0.3, 0.4) is 0 Å². The molecular weight excluding hydrogens is 438 g/mol. The van der Waals surface area contributed by atoms with Crippen LogP contribution in [0.2, 0.25) is 0 Å². The van der Waals surface area contributed by atoms with Crippen molar-refractivity contribution in [2.24, 2.45) is 0 Å². The average molecular weight is 458 g/mol. The summed E-state index contributed by atoms with van der Waals surface area (Å²) in [7, 11) is 1.57. The lowest BCUT2D eigenvalue weighted by Crippen LogP contribution is -2.29. The first-order valence-corrected chi connectivity index (χ1v) is 10.5. The van der Waals surface area contributed by atoms with Crippen molar-refractivity contribution in [3.8, 4) is 5.75 Å². The highest BCUT2D eigenvalue weighted by Gasteiger charge is 2.31. The minimum atomic E-state index is -0.551. The lowest BCUT2D eigenvalue weighted by Gasteiger charge is -2.14. The number of rotatable bonds is 8. The van der Waals surface area contributed by atoms with Gasteiger partial charge in [-0.3, -0.25) is 24.6 Å². The molecule has 0 aromatic heterocycles. The van der Waals surface area contributed by atoms with Gasteiger partial charge in [-0.25, -0.2) is 0 Å². The Morgan fingerprint density at radius 2 is 2.06 bits per heavy atom. The first-order valence-electron chi connectivity index (χ1n) is 9.31. The Kier molecular flexibility index (Phi) is 7.37. The summed E-state index contributed by atoms with van der Waals surface area (Å²) in [5.74, 6) is 0.109. The van der Waals surface area contributed by atoms with E-state index < -0.39 is 4.92 Å². The summed E-state index contributed by atoms with van der Waals surface area (Å²) >= 11 is 6.53. The third kappa shape index (κ3) is 5.68. The number of carbonyl (C=O) groups is 2. The van der Waals surface area contributed by atoms with E-state index in [1.807, 2.05) is 24.3 Å². The molecule has 10 heteroatoms. The molecule has 0 unspecified atom stereocenters. The molecule has 0 atom stereocenters. The Bertz CT molecular complexity index is 1070. The molecule has 31 heavy (non-hydrogen) atoms. The van der Waals surface area contributed by atoms with E-state index in [1.165, 1.54) is 34.9 Å². The fourth-order valence-corrected chi connectivity index (χ4v) is 4.23. The monoisotopic (exact) mass is 457 g/mol. The zero-order chi connectivity index (χ0) is 22.4. The van der Waals surface area contributed by atoms with E-state index in [0.717, 1.165) is 5.56 Å². The second-order valence-corrected chi connectivity index (χ2v) is 8.21. The van der Waals surface area contributed by atoms with Crippen molar-refractivity contribution in [3.05, 3.63) is 69.1 Å². The Morgan fingerprint density at radius 1 is 1.29 bits per heavy atom. The molecule has 1 saturated heterocycles. The molecule has 1 fully saturated rings. The van der Waals surface area contributed by atoms with Gasteiger partial charge in [0.25, 0.3) is 11.6 Å². The number of nitro benzene ring substituents is 1. The molecule has 0 spiro atoms. The summed E-state index contributed by atoms with van der Waals surface area (Å²) in [4.78, 5) is 37.4. The van der Waals surface area contributed by atoms with Gasteiger partial charge in [-0.15, -0.1) is 0 Å². The van der Waals surface area contributed by atoms with Gasteiger partial charge >= 0.3 is 0 Å². The molecule has 1 aliphatic heterocycles. The van der Waals surface area contributed by atoms with Gasteiger partial charge in [-0.05, 0) is 36.3 Å². The molecule has 1 heterocycles. The van der Waals surface area contributed by atoms with Gasteiger partial charge in [0.1, 0.15) is 15.8 Å². The maximum atomic E-state index is 12.7. The van der Waals surface area contributed by atoms with Gasteiger partial charge in [0.15, 0.2) is 0 Å². The minimum absolute atomic E-state index is 0.0953. The van der Waals surface area contributed by atoms with Gasteiger partial charge in [-0.1, -0.05) is 48.2 Å². The van der Waals surface area contributed by atoms with Gasteiger partial charge in [-0.2, -0.15) is 0 Å². The van der Waals surface area contributed by atoms with Crippen LogP contribution in [0.5, 0.6) is 5.75 Å². The number of methoxy groups -OCH3 is 1. The Morgan fingerprint density at radius 3 is 2.81 bits per heavy atom. The summed E-state index contributed by atoms with van der Waals surface area (Å²) < 4.78 is 5.62. The third-order valence-corrected chi connectivity index (χ3v) is 5.80. The second kappa shape index (κ2) is 10.2. The number of hydrogen-bond acceptors (Lipinski definition) is 7. The molecule has 2 amide bonds. The van der Waals surface area contributed by atoms with Crippen molar-refractivity contribution in [2.75, 3.05) is 19.0 Å². The molecule has 3 rings (SSSR count). The SMILES string of the molecule is COc1cccc(C=C2SC(=S)N(CCCC(=O)Nc3ccccc3[N+](=O)[O-])C2=O)c1. The van der Waals surface area contributed by atoms with Gasteiger partial charge in [0.2, 0.25) is 5.91 Å². The third-order valence-electron chi connectivity index (χ3n) is 4.43. The van der Waals surface area contributed by atoms with Gasteiger partial charge < -0.3 is 10.1 Å². The quantitative estimate of drug-likeness (QED) is 0.274. The van der Waals surface area contributed by atoms with Crippen LogP contribution in [0.25, 0.3) is 6.08 Å². The van der Waals surface area contributed by atoms with Crippen molar-refractivity contribution in [1.29, 1.82) is 0 Å². The van der Waals surface area contributed by atoms with Crippen LogP contribution >= 0.6 is 24.0 Å².